The first-order valence-corrected chi connectivity index (χ1v) is 6.55. The first-order chi connectivity index (χ1) is 7.60. The molecule has 0 radical (unpaired) electrons. The summed E-state index contributed by atoms with van der Waals surface area (Å²) in [5.41, 5.74) is 3.06. The number of rotatable bonds is 1. The summed E-state index contributed by atoms with van der Waals surface area (Å²) in [6.07, 6.45) is 10.9. The average Bonchev–Trinajstić information content (AvgIpc) is 2.43. The van der Waals surface area contributed by atoms with Crippen molar-refractivity contribution in [2.24, 2.45) is 5.92 Å². The highest BCUT2D eigenvalue weighted by Gasteiger charge is 2.35. The van der Waals surface area contributed by atoms with Gasteiger partial charge < -0.3 is 4.74 Å². The van der Waals surface area contributed by atoms with Gasteiger partial charge in [-0.15, -0.1) is 0 Å². The molecule has 0 unspecified atom stereocenters. The van der Waals surface area contributed by atoms with Crippen molar-refractivity contribution in [3.05, 3.63) is 23.3 Å². The second kappa shape index (κ2) is 4.75. The Hall–Kier alpha value is -0.560. The molecule has 0 saturated heterocycles. The van der Waals surface area contributed by atoms with Gasteiger partial charge in [-0.05, 0) is 58.8 Å². The van der Waals surface area contributed by atoms with E-state index in [1.54, 1.807) is 5.57 Å². The Morgan fingerprint density at radius 2 is 2.06 bits per heavy atom. The SMILES string of the molecule is CC1=CC[C@@H]([C@@]2(C)CCC=C(C)CO2)CC1. The summed E-state index contributed by atoms with van der Waals surface area (Å²) in [6.45, 7) is 7.57. The lowest BCUT2D eigenvalue weighted by atomic mass is 9.76. The Morgan fingerprint density at radius 1 is 1.25 bits per heavy atom. The largest absolute Gasteiger partial charge is 0.371 e. The second-order valence-electron chi connectivity index (χ2n) is 5.71. The van der Waals surface area contributed by atoms with Crippen molar-refractivity contribution in [1.82, 2.24) is 0 Å². The van der Waals surface area contributed by atoms with Crippen LogP contribution in [0.2, 0.25) is 0 Å². The van der Waals surface area contributed by atoms with E-state index in [0.29, 0.717) is 0 Å². The van der Waals surface area contributed by atoms with E-state index < -0.39 is 0 Å². The van der Waals surface area contributed by atoms with Crippen LogP contribution in [0.4, 0.5) is 0 Å². The molecule has 90 valence electrons. The minimum Gasteiger partial charge on any atom is -0.371 e. The van der Waals surface area contributed by atoms with Gasteiger partial charge in [-0.1, -0.05) is 23.3 Å². The maximum atomic E-state index is 6.18. The molecule has 1 heterocycles. The fourth-order valence-electron chi connectivity index (χ4n) is 2.86. The smallest absolute Gasteiger partial charge is 0.0693 e. The minimum atomic E-state index is 0.103. The molecule has 2 atom stereocenters. The number of ether oxygens (including phenoxy) is 1. The summed E-state index contributed by atoms with van der Waals surface area (Å²) in [5.74, 6) is 0.718. The topological polar surface area (TPSA) is 9.23 Å². The molecule has 0 spiro atoms. The van der Waals surface area contributed by atoms with E-state index >= 15 is 0 Å². The van der Waals surface area contributed by atoms with Crippen LogP contribution in [0.15, 0.2) is 23.3 Å². The lowest BCUT2D eigenvalue weighted by Crippen LogP contribution is -2.38. The Balaban J connectivity index is 2.03. The predicted octanol–water partition coefficient (Wildman–Crippen LogP) is 4.25. The molecule has 0 aromatic heterocycles. The van der Waals surface area contributed by atoms with Gasteiger partial charge in [-0.2, -0.15) is 0 Å². The third-order valence-corrected chi connectivity index (χ3v) is 4.26. The van der Waals surface area contributed by atoms with E-state index in [0.717, 1.165) is 12.5 Å². The Bertz CT molecular complexity index is 313. The summed E-state index contributed by atoms with van der Waals surface area (Å²) in [7, 11) is 0. The van der Waals surface area contributed by atoms with Crippen molar-refractivity contribution in [2.45, 2.75) is 58.5 Å². The van der Waals surface area contributed by atoms with Crippen molar-refractivity contribution in [1.29, 1.82) is 0 Å². The second-order valence-corrected chi connectivity index (χ2v) is 5.71. The fraction of sp³-hybridized carbons (Fsp3) is 0.733. The Kier molecular flexibility index (Phi) is 3.53. The van der Waals surface area contributed by atoms with Gasteiger partial charge in [-0.25, -0.2) is 0 Å². The first kappa shape index (κ1) is 11.9. The van der Waals surface area contributed by atoms with Crippen molar-refractivity contribution < 1.29 is 4.74 Å². The van der Waals surface area contributed by atoms with Gasteiger partial charge in [0.1, 0.15) is 0 Å². The van der Waals surface area contributed by atoms with E-state index in [1.165, 1.54) is 37.7 Å². The van der Waals surface area contributed by atoms with E-state index in [2.05, 4.69) is 32.9 Å². The molecule has 0 aromatic carbocycles. The van der Waals surface area contributed by atoms with Crippen LogP contribution in [-0.4, -0.2) is 12.2 Å². The van der Waals surface area contributed by atoms with Crippen LogP contribution in [0.3, 0.4) is 0 Å². The van der Waals surface area contributed by atoms with Crippen LogP contribution in [-0.2, 0) is 4.74 Å². The molecular formula is C15H24O. The zero-order chi connectivity index (χ0) is 11.6. The highest BCUT2D eigenvalue weighted by molar-refractivity contribution is 5.08. The van der Waals surface area contributed by atoms with Crippen LogP contribution < -0.4 is 0 Å². The monoisotopic (exact) mass is 220 g/mol. The van der Waals surface area contributed by atoms with Crippen molar-refractivity contribution >= 4 is 0 Å². The third-order valence-electron chi connectivity index (χ3n) is 4.26. The predicted molar refractivity (Wildman–Crippen MR) is 68.4 cm³/mol. The average molecular weight is 220 g/mol. The molecule has 0 amide bonds. The number of hydrogen-bond donors (Lipinski definition) is 0. The molecule has 0 bridgehead atoms. The van der Waals surface area contributed by atoms with Gasteiger partial charge >= 0.3 is 0 Å². The molecule has 0 saturated carbocycles. The lowest BCUT2D eigenvalue weighted by molar-refractivity contribution is -0.0689. The zero-order valence-corrected chi connectivity index (χ0v) is 10.9. The van der Waals surface area contributed by atoms with E-state index in [9.17, 15) is 0 Å². The molecule has 2 aliphatic rings. The van der Waals surface area contributed by atoms with Crippen LogP contribution in [0, 0.1) is 5.92 Å². The molecule has 0 N–H and O–H groups in total. The van der Waals surface area contributed by atoms with Gasteiger partial charge in [0.2, 0.25) is 0 Å². The highest BCUT2D eigenvalue weighted by atomic mass is 16.5. The van der Waals surface area contributed by atoms with Gasteiger partial charge in [0, 0.05) is 0 Å². The van der Waals surface area contributed by atoms with Crippen molar-refractivity contribution in [3.63, 3.8) is 0 Å². The molecule has 1 heteroatoms. The van der Waals surface area contributed by atoms with E-state index in [1.807, 2.05) is 0 Å². The van der Waals surface area contributed by atoms with Gasteiger partial charge in [0.05, 0.1) is 12.2 Å². The molecule has 1 nitrogen and oxygen atoms in total. The standard InChI is InChI=1S/C15H24O/c1-12-6-8-14(9-7-12)15(3)10-4-5-13(2)11-16-15/h5-6,14H,4,7-11H2,1-3H3/t14-,15-/m1/s1. The highest BCUT2D eigenvalue weighted by Crippen LogP contribution is 2.38. The van der Waals surface area contributed by atoms with Crippen LogP contribution in [0.5, 0.6) is 0 Å². The molecule has 2 rings (SSSR count). The Labute approximate surface area is 99.6 Å². The molecule has 1 aliphatic heterocycles. The first-order valence-electron chi connectivity index (χ1n) is 6.55. The van der Waals surface area contributed by atoms with Gasteiger partial charge in [0.25, 0.3) is 0 Å². The quantitative estimate of drug-likeness (QED) is 0.600. The molecule has 0 aromatic rings. The number of hydrogen-bond acceptors (Lipinski definition) is 1. The number of allylic oxidation sites excluding steroid dienone is 3. The Morgan fingerprint density at radius 3 is 2.75 bits per heavy atom. The molecule has 0 fully saturated rings. The molecule has 1 aliphatic carbocycles. The van der Waals surface area contributed by atoms with Crippen molar-refractivity contribution in [3.8, 4) is 0 Å². The summed E-state index contributed by atoms with van der Waals surface area (Å²) in [6, 6.07) is 0. The van der Waals surface area contributed by atoms with Crippen LogP contribution in [0.25, 0.3) is 0 Å². The van der Waals surface area contributed by atoms with Gasteiger partial charge in [-0.3, -0.25) is 0 Å². The molecular weight excluding hydrogens is 196 g/mol. The van der Waals surface area contributed by atoms with Crippen LogP contribution >= 0.6 is 0 Å². The van der Waals surface area contributed by atoms with Gasteiger partial charge in [0.15, 0.2) is 0 Å². The normalized spacial score (nSPS) is 36.3. The summed E-state index contributed by atoms with van der Waals surface area (Å²) < 4.78 is 6.18. The lowest BCUT2D eigenvalue weighted by Gasteiger charge is -2.38. The van der Waals surface area contributed by atoms with Crippen LogP contribution in [0.1, 0.15) is 52.9 Å². The summed E-state index contributed by atoms with van der Waals surface area (Å²) in [5, 5.41) is 0. The maximum Gasteiger partial charge on any atom is 0.0693 e. The third kappa shape index (κ3) is 2.57. The molecule has 16 heavy (non-hydrogen) atoms. The zero-order valence-electron chi connectivity index (χ0n) is 10.9. The maximum absolute atomic E-state index is 6.18. The van der Waals surface area contributed by atoms with E-state index in [4.69, 9.17) is 4.74 Å². The summed E-state index contributed by atoms with van der Waals surface area (Å²) >= 11 is 0. The fourth-order valence-corrected chi connectivity index (χ4v) is 2.86. The van der Waals surface area contributed by atoms with Crippen molar-refractivity contribution in [2.75, 3.05) is 6.61 Å². The van der Waals surface area contributed by atoms with E-state index in [-0.39, 0.29) is 5.60 Å². The summed E-state index contributed by atoms with van der Waals surface area (Å²) in [4.78, 5) is 0. The minimum absolute atomic E-state index is 0.103.